The first-order valence-electron chi connectivity index (χ1n) is 6.57. The predicted molar refractivity (Wildman–Crippen MR) is 81.2 cm³/mol. The largest absolute Gasteiger partial charge is 0.497 e. The minimum Gasteiger partial charge on any atom is -0.497 e. The van der Waals surface area contributed by atoms with Gasteiger partial charge in [-0.25, -0.2) is 4.79 Å². The Bertz CT molecular complexity index is 787. The van der Waals surface area contributed by atoms with E-state index in [-0.39, 0.29) is 5.97 Å². The molecule has 0 spiro atoms. The number of rotatable bonds is 3. The average Bonchev–Trinajstić information content (AvgIpc) is 2.94. The lowest BCUT2D eigenvalue weighted by atomic mass is 10.2. The van der Waals surface area contributed by atoms with Gasteiger partial charge in [-0.1, -0.05) is 18.2 Å². The lowest BCUT2D eigenvalue weighted by molar-refractivity contribution is 0.0603. The van der Waals surface area contributed by atoms with Crippen LogP contribution in [0.25, 0.3) is 16.6 Å². The molecule has 0 aliphatic carbocycles. The van der Waals surface area contributed by atoms with Gasteiger partial charge in [0.15, 0.2) is 0 Å². The summed E-state index contributed by atoms with van der Waals surface area (Å²) >= 11 is 0. The first-order chi connectivity index (χ1) is 10.2. The quantitative estimate of drug-likeness (QED) is 0.691. The molecule has 1 heterocycles. The van der Waals surface area contributed by atoms with E-state index in [0.29, 0.717) is 5.56 Å². The Morgan fingerprint density at radius 2 is 1.71 bits per heavy atom. The second-order valence-corrected chi connectivity index (χ2v) is 4.62. The van der Waals surface area contributed by atoms with Gasteiger partial charge in [0.25, 0.3) is 0 Å². The van der Waals surface area contributed by atoms with E-state index in [9.17, 15) is 4.79 Å². The number of methoxy groups -OCH3 is 2. The van der Waals surface area contributed by atoms with Crippen molar-refractivity contribution in [2.24, 2.45) is 0 Å². The summed E-state index contributed by atoms with van der Waals surface area (Å²) in [6, 6.07) is 15.4. The Morgan fingerprint density at radius 3 is 2.38 bits per heavy atom. The number of esters is 1. The molecule has 106 valence electrons. The zero-order chi connectivity index (χ0) is 14.8. The molecular formula is C17H15NO3. The second-order valence-electron chi connectivity index (χ2n) is 4.62. The number of ether oxygens (including phenoxy) is 2. The van der Waals surface area contributed by atoms with Crippen LogP contribution in [-0.2, 0) is 4.74 Å². The predicted octanol–water partition coefficient (Wildman–Crippen LogP) is 3.43. The van der Waals surface area contributed by atoms with Crippen LogP contribution in [0.1, 0.15) is 10.4 Å². The minimum absolute atomic E-state index is 0.335. The topological polar surface area (TPSA) is 40.5 Å². The fraction of sp³-hybridized carbons (Fsp3) is 0.118. The van der Waals surface area contributed by atoms with Crippen LogP contribution in [0.4, 0.5) is 0 Å². The van der Waals surface area contributed by atoms with Crippen molar-refractivity contribution in [1.29, 1.82) is 0 Å². The van der Waals surface area contributed by atoms with E-state index < -0.39 is 0 Å². The van der Waals surface area contributed by atoms with Crippen LogP contribution in [0.2, 0.25) is 0 Å². The number of aromatic nitrogens is 1. The second kappa shape index (κ2) is 5.32. The number of benzene rings is 2. The first-order valence-corrected chi connectivity index (χ1v) is 6.57. The summed E-state index contributed by atoms with van der Waals surface area (Å²) in [6.45, 7) is 0. The highest BCUT2D eigenvalue weighted by molar-refractivity contribution is 6.04. The van der Waals surface area contributed by atoms with Crippen molar-refractivity contribution in [1.82, 2.24) is 4.57 Å². The molecule has 0 bridgehead atoms. The maximum Gasteiger partial charge on any atom is 0.340 e. The van der Waals surface area contributed by atoms with E-state index in [1.165, 1.54) is 7.11 Å². The summed E-state index contributed by atoms with van der Waals surface area (Å²) in [7, 11) is 3.03. The van der Waals surface area contributed by atoms with Gasteiger partial charge >= 0.3 is 5.97 Å². The molecule has 3 rings (SSSR count). The van der Waals surface area contributed by atoms with Gasteiger partial charge in [-0.15, -0.1) is 0 Å². The van der Waals surface area contributed by atoms with Crippen molar-refractivity contribution in [3.63, 3.8) is 0 Å². The van der Waals surface area contributed by atoms with Crippen molar-refractivity contribution >= 4 is 16.9 Å². The third-order valence-electron chi connectivity index (χ3n) is 3.47. The third kappa shape index (κ3) is 2.25. The van der Waals surface area contributed by atoms with E-state index in [1.807, 2.05) is 53.1 Å². The third-order valence-corrected chi connectivity index (χ3v) is 3.47. The van der Waals surface area contributed by atoms with Crippen LogP contribution in [0.15, 0.2) is 54.7 Å². The Labute approximate surface area is 122 Å². The van der Waals surface area contributed by atoms with E-state index in [2.05, 4.69) is 0 Å². The van der Waals surface area contributed by atoms with E-state index in [0.717, 1.165) is 22.3 Å². The van der Waals surface area contributed by atoms with E-state index >= 15 is 0 Å². The molecule has 4 heteroatoms. The van der Waals surface area contributed by atoms with Crippen molar-refractivity contribution in [2.75, 3.05) is 14.2 Å². The number of carbonyl (C=O) groups is 1. The zero-order valence-corrected chi connectivity index (χ0v) is 11.9. The van der Waals surface area contributed by atoms with Gasteiger partial charge in [0, 0.05) is 17.3 Å². The molecule has 0 aliphatic rings. The highest BCUT2D eigenvalue weighted by Crippen LogP contribution is 2.26. The Balaban J connectivity index is 2.20. The number of para-hydroxylation sites is 1. The van der Waals surface area contributed by atoms with Gasteiger partial charge in [-0.05, 0) is 30.3 Å². The van der Waals surface area contributed by atoms with Crippen LogP contribution in [0, 0.1) is 0 Å². The molecule has 0 saturated carbocycles. The number of carbonyl (C=O) groups excluding carboxylic acids is 1. The Hall–Kier alpha value is -2.75. The SMILES string of the molecule is COC(=O)c1cn(-c2ccc(OC)cc2)c2ccccc12. The molecule has 0 N–H and O–H groups in total. The average molecular weight is 281 g/mol. The normalized spacial score (nSPS) is 10.6. The van der Waals surface area contributed by atoms with Crippen molar-refractivity contribution in [2.45, 2.75) is 0 Å². The maximum atomic E-state index is 11.9. The van der Waals surface area contributed by atoms with Gasteiger partial charge in [0.1, 0.15) is 5.75 Å². The fourth-order valence-electron chi connectivity index (χ4n) is 2.41. The molecule has 2 aromatic carbocycles. The maximum absolute atomic E-state index is 11.9. The van der Waals surface area contributed by atoms with Crippen LogP contribution in [0.3, 0.4) is 0 Å². The van der Waals surface area contributed by atoms with Gasteiger partial charge in [0.05, 0.1) is 25.3 Å². The molecule has 0 unspecified atom stereocenters. The summed E-state index contributed by atoms with van der Waals surface area (Å²) in [5.74, 6) is 0.460. The summed E-state index contributed by atoms with van der Waals surface area (Å²) in [5.41, 5.74) is 2.48. The Morgan fingerprint density at radius 1 is 1.00 bits per heavy atom. The Kier molecular flexibility index (Phi) is 3.36. The van der Waals surface area contributed by atoms with E-state index in [4.69, 9.17) is 9.47 Å². The van der Waals surface area contributed by atoms with Crippen molar-refractivity contribution < 1.29 is 14.3 Å². The van der Waals surface area contributed by atoms with Gasteiger partial charge < -0.3 is 14.0 Å². The summed E-state index contributed by atoms with van der Waals surface area (Å²) < 4.78 is 12.0. The number of hydrogen-bond donors (Lipinski definition) is 0. The fourth-order valence-corrected chi connectivity index (χ4v) is 2.41. The highest BCUT2D eigenvalue weighted by atomic mass is 16.5. The minimum atomic E-state index is -0.335. The standard InChI is InChI=1S/C17H15NO3/c1-20-13-9-7-12(8-10-13)18-11-15(17(19)21-2)14-5-3-4-6-16(14)18/h3-11H,1-2H3. The van der Waals surface area contributed by atoms with Gasteiger partial charge in [-0.2, -0.15) is 0 Å². The summed E-state index contributed by atoms with van der Waals surface area (Å²) in [6.07, 6.45) is 1.80. The molecule has 0 radical (unpaired) electrons. The summed E-state index contributed by atoms with van der Waals surface area (Å²) in [5, 5.41) is 0.875. The lowest BCUT2D eigenvalue weighted by Gasteiger charge is -2.06. The van der Waals surface area contributed by atoms with Crippen LogP contribution in [-0.4, -0.2) is 24.8 Å². The van der Waals surface area contributed by atoms with Crippen LogP contribution in [0.5, 0.6) is 5.75 Å². The van der Waals surface area contributed by atoms with E-state index in [1.54, 1.807) is 13.3 Å². The summed E-state index contributed by atoms with van der Waals surface area (Å²) in [4.78, 5) is 11.9. The van der Waals surface area contributed by atoms with Gasteiger partial charge in [-0.3, -0.25) is 0 Å². The van der Waals surface area contributed by atoms with Gasteiger partial charge in [0.2, 0.25) is 0 Å². The smallest absolute Gasteiger partial charge is 0.340 e. The van der Waals surface area contributed by atoms with Crippen LogP contribution >= 0.6 is 0 Å². The molecule has 0 amide bonds. The number of nitrogens with zero attached hydrogens (tertiary/aromatic N) is 1. The highest BCUT2D eigenvalue weighted by Gasteiger charge is 2.15. The molecule has 3 aromatic rings. The molecule has 21 heavy (non-hydrogen) atoms. The molecule has 4 nitrogen and oxygen atoms in total. The molecule has 0 atom stereocenters. The number of hydrogen-bond acceptors (Lipinski definition) is 3. The lowest BCUT2D eigenvalue weighted by Crippen LogP contribution is -1.99. The van der Waals surface area contributed by atoms with Crippen molar-refractivity contribution in [3.05, 3.63) is 60.3 Å². The monoisotopic (exact) mass is 281 g/mol. The molecule has 0 aliphatic heterocycles. The molecule has 1 aromatic heterocycles. The van der Waals surface area contributed by atoms with Crippen molar-refractivity contribution in [3.8, 4) is 11.4 Å². The van der Waals surface area contributed by atoms with Crippen LogP contribution < -0.4 is 4.74 Å². The zero-order valence-electron chi connectivity index (χ0n) is 11.9. The first kappa shape index (κ1) is 13.2. The molecular weight excluding hydrogens is 266 g/mol. The number of fused-ring (bicyclic) bond motifs is 1. The molecule has 0 fully saturated rings. The molecule has 0 saturated heterocycles.